The third kappa shape index (κ3) is 4.66. The van der Waals surface area contributed by atoms with Gasteiger partial charge >= 0.3 is 35.0 Å². The maximum absolute atomic E-state index is 13.5. The van der Waals surface area contributed by atoms with Crippen LogP contribution in [0.25, 0.3) is 0 Å². The summed E-state index contributed by atoms with van der Waals surface area (Å²) in [6.07, 6.45) is 0.772. The number of halogens is 11. The molecule has 1 amide bonds. The Morgan fingerprint density at radius 3 is 1.74 bits per heavy atom. The summed E-state index contributed by atoms with van der Waals surface area (Å²) in [6, 6.07) is -2.27. The number of amides is 1. The smallest absolute Gasteiger partial charge is 0.393 e. The fraction of sp³-hybridized carbons (Fsp3) is 0.818. The van der Waals surface area contributed by atoms with Crippen LogP contribution < -0.4 is 5.32 Å². The lowest BCUT2D eigenvalue weighted by Gasteiger charge is -2.37. The van der Waals surface area contributed by atoms with Crippen molar-refractivity contribution in [3.8, 4) is 0 Å². The van der Waals surface area contributed by atoms with Crippen LogP contribution in [0.15, 0.2) is 0 Å². The van der Waals surface area contributed by atoms with Gasteiger partial charge in [0.15, 0.2) is 0 Å². The van der Waals surface area contributed by atoms with Gasteiger partial charge in [-0.1, -0.05) is 0 Å². The third-order valence-corrected chi connectivity index (χ3v) is 3.92. The Hall–Kier alpha value is -1.12. The molecule has 1 unspecified atom stereocenters. The second kappa shape index (κ2) is 8.09. The Balaban J connectivity index is 5.88. The summed E-state index contributed by atoms with van der Waals surface area (Å²) in [5, 5.41) is 3.07. The lowest BCUT2D eigenvalue weighted by Crippen LogP contribution is -2.69. The summed E-state index contributed by atoms with van der Waals surface area (Å²) < 4.78 is 131. The zero-order chi connectivity index (χ0) is 22.1. The van der Waals surface area contributed by atoms with Gasteiger partial charge in [-0.25, -0.2) is 4.79 Å². The highest BCUT2D eigenvalue weighted by atomic mass is 35.5. The van der Waals surface area contributed by atoms with E-state index < -0.39 is 53.4 Å². The molecule has 1 atom stereocenters. The van der Waals surface area contributed by atoms with Crippen LogP contribution in [0.4, 0.5) is 43.9 Å². The third-order valence-electron chi connectivity index (χ3n) is 3.04. The van der Waals surface area contributed by atoms with E-state index >= 15 is 0 Å². The van der Waals surface area contributed by atoms with E-state index in [2.05, 4.69) is 11.6 Å². The van der Waals surface area contributed by atoms with E-state index in [4.69, 9.17) is 5.11 Å². The molecule has 0 aromatic rings. The first kappa shape index (κ1) is 25.9. The number of hydrogen-bond donors (Lipinski definition) is 2. The molecule has 2 N–H and O–H groups in total. The predicted octanol–water partition coefficient (Wildman–Crippen LogP) is 3.68. The molecule has 0 radical (unpaired) electrons. The quantitative estimate of drug-likeness (QED) is 0.385. The average Bonchev–Trinajstić information content (AvgIpc) is 2.48. The Bertz CT molecular complexity index is 569. The first-order valence-corrected chi connectivity index (χ1v) is 8.16. The number of carbonyl (C=O) groups excluding carboxylic acids is 1. The molecule has 0 saturated carbocycles. The first-order chi connectivity index (χ1) is 11.8. The summed E-state index contributed by atoms with van der Waals surface area (Å²) in [5.41, 5.74) is 0. The van der Waals surface area contributed by atoms with Crippen LogP contribution in [-0.2, 0) is 9.59 Å². The number of rotatable bonds is 10. The van der Waals surface area contributed by atoms with Crippen LogP contribution in [0.5, 0.6) is 0 Å². The van der Waals surface area contributed by atoms with Crippen LogP contribution in [0.1, 0.15) is 6.42 Å². The molecule has 0 aliphatic heterocycles. The van der Waals surface area contributed by atoms with Crippen molar-refractivity contribution in [3.63, 3.8) is 0 Å². The molecular weight excluding hydrogens is 452 g/mol. The van der Waals surface area contributed by atoms with Gasteiger partial charge in [-0.2, -0.15) is 55.7 Å². The van der Waals surface area contributed by atoms with Crippen LogP contribution >= 0.6 is 23.4 Å². The summed E-state index contributed by atoms with van der Waals surface area (Å²) in [7, 11) is 0. The van der Waals surface area contributed by atoms with E-state index in [0.29, 0.717) is 0 Å². The Morgan fingerprint density at radius 2 is 1.41 bits per heavy atom. The van der Waals surface area contributed by atoms with Gasteiger partial charge in [0, 0.05) is 0 Å². The van der Waals surface area contributed by atoms with E-state index in [1.54, 1.807) is 0 Å². The van der Waals surface area contributed by atoms with Gasteiger partial charge in [0.1, 0.15) is 6.04 Å². The van der Waals surface area contributed by atoms with Crippen molar-refractivity contribution in [1.82, 2.24) is 5.32 Å². The molecule has 0 fully saturated rings. The molecule has 0 bridgehead atoms. The minimum absolute atomic E-state index is 0.119. The maximum Gasteiger partial charge on any atom is 0.393 e. The fourth-order valence-corrected chi connectivity index (χ4v) is 2.05. The minimum Gasteiger partial charge on any atom is -0.480 e. The van der Waals surface area contributed by atoms with E-state index in [9.17, 15) is 53.5 Å². The van der Waals surface area contributed by atoms with E-state index in [0.717, 1.165) is 17.1 Å². The first-order valence-electron chi connectivity index (χ1n) is 6.39. The van der Waals surface area contributed by atoms with Crippen molar-refractivity contribution in [1.29, 1.82) is 0 Å². The molecule has 0 aromatic heterocycles. The Labute approximate surface area is 153 Å². The number of alkyl halides is 11. The summed E-state index contributed by atoms with van der Waals surface area (Å²) in [6.45, 7) is 0. The van der Waals surface area contributed by atoms with Crippen LogP contribution in [0.3, 0.4) is 0 Å². The highest BCUT2D eigenvalue weighted by Gasteiger charge is 2.87. The molecule has 0 saturated heterocycles. The molecule has 0 aromatic carbocycles. The number of thioether (sulfide) groups is 1. The van der Waals surface area contributed by atoms with Crippen molar-refractivity contribution >= 4 is 35.2 Å². The SMILES string of the molecule is CSCCC(NC(=O)C(F)(F)C(F)(F)C(F)(F)C(F)(F)C(F)(F)Cl)C(=O)O. The summed E-state index contributed by atoms with van der Waals surface area (Å²) in [5.74, 6) is -34.3. The lowest BCUT2D eigenvalue weighted by atomic mass is 9.97. The standard InChI is InChI=1S/C11H10ClF10NO3S/c1-27-3-2-4(5(24)25)23-6(26)7(13,14)8(15,16)9(17,18)10(19,20)11(12,21)22/h4H,2-3H2,1H3,(H,23,26)(H,24,25). The molecule has 0 spiro atoms. The molecule has 16 heteroatoms. The maximum atomic E-state index is 13.5. The van der Waals surface area contributed by atoms with Crippen molar-refractivity contribution in [2.75, 3.05) is 12.0 Å². The second-order valence-corrected chi connectivity index (χ2v) is 6.40. The zero-order valence-electron chi connectivity index (χ0n) is 12.8. The minimum atomic E-state index is -7.50. The van der Waals surface area contributed by atoms with Gasteiger partial charge in [0.25, 0.3) is 5.91 Å². The number of hydrogen-bond acceptors (Lipinski definition) is 3. The number of aliphatic carboxylic acids is 1. The van der Waals surface area contributed by atoms with E-state index in [1.807, 2.05) is 0 Å². The second-order valence-electron chi connectivity index (χ2n) is 4.94. The highest BCUT2D eigenvalue weighted by Crippen LogP contribution is 2.57. The van der Waals surface area contributed by atoms with Gasteiger partial charge in [0.2, 0.25) is 0 Å². The number of carboxylic acids is 1. The van der Waals surface area contributed by atoms with E-state index in [1.165, 1.54) is 6.26 Å². The van der Waals surface area contributed by atoms with Crippen LogP contribution in [0, 0.1) is 0 Å². The molecule has 4 nitrogen and oxygen atoms in total. The van der Waals surface area contributed by atoms with Crippen molar-refractivity contribution in [2.24, 2.45) is 0 Å². The van der Waals surface area contributed by atoms with Gasteiger partial charge in [0.05, 0.1) is 0 Å². The predicted molar refractivity (Wildman–Crippen MR) is 73.2 cm³/mol. The van der Waals surface area contributed by atoms with Crippen LogP contribution in [0.2, 0.25) is 0 Å². The summed E-state index contributed by atoms with van der Waals surface area (Å²) >= 11 is 4.54. The molecule has 160 valence electrons. The van der Waals surface area contributed by atoms with Gasteiger partial charge < -0.3 is 10.4 Å². The van der Waals surface area contributed by atoms with E-state index in [-0.39, 0.29) is 5.75 Å². The molecule has 0 heterocycles. The van der Waals surface area contributed by atoms with Gasteiger partial charge in [-0.3, -0.25) is 4.79 Å². The van der Waals surface area contributed by atoms with Crippen LogP contribution in [-0.4, -0.2) is 64.1 Å². The molecule has 0 rings (SSSR count). The Morgan fingerprint density at radius 1 is 0.963 bits per heavy atom. The molecule has 0 aliphatic rings. The fourth-order valence-electron chi connectivity index (χ4n) is 1.46. The lowest BCUT2D eigenvalue weighted by molar-refractivity contribution is -0.382. The summed E-state index contributed by atoms with van der Waals surface area (Å²) in [4.78, 5) is 22.0. The normalized spacial score (nSPS) is 15.4. The monoisotopic (exact) mass is 461 g/mol. The van der Waals surface area contributed by atoms with Crippen molar-refractivity contribution in [2.45, 2.75) is 41.5 Å². The van der Waals surface area contributed by atoms with Crippen molar-refractivity contribution in [3.05, 3.63) is 0 Å². The van der Waals surface area contributed by atoms with Crippen molar-refractivity contribution < 1.29 is 58.6 Å². The number of carboxylic acid groups (broad SMARTS) is 1. The zero-order valence-corrected chi connectivity index (χ0v) is 14.4. The van der Waals surface area contributed by atoms with Gasteiger partial charge in [-0.05, 0) is 30.0 Å². The largest absolute Gasteiger partial charge is 0.480 e. The topological polar surface area (TPSA) is 66.4 Å². The average molecular weight is 462 g/mol. The molecular formula is C11H10ClF10NO3S. The number of carbonyl (C=O) groups is 2. The van der Waals surface area contributed by atoms with Gasteiger partial charge in [-0.15, -0.1) is 0 Å². The Kier molecular flexibility index (Phi) is 7.75. The molecule has 27 heavy (non-hydrogen) atoms. The number of nitrogens with one attached hydrogen (secondary N) is 1. The highest BCUT2D eigenvalue weighted by molar-refractivity contribution is 7.98. The molecule has 0 aliphatic carbocycles.